The topological polar surface area (TPSA) is 93.5 Å². The van der Waals surface area contributed by atoms with Gasteiger partial charge in [-0.05, 0) is 25.1 Å². The van der Waals surface area contributed by atoms with Crippen molar-refractivity contribution in [3.8, 4) is 16.3 Å². The number of methoxy groups -OCH3 is 1. The Hall–Kier alpha value is -3.91. The third-order valence-corrected chi connectivity index (χ3v) is 5.67. The van der Waals surface area contributed by atoms with Crippen molar-refractivity contribution >= 4 is 40.2 Å². The lowest BCUT2D eigenvalue weighted by molar-refractivity contribution is -0.117. The molecule has 156 valence electrons. The van der Waals surface area contributed by atoms with Gasteiger partial charge in [-0.25, -0.2) is 4.98 Å². The Bertz CT molecular complexity index is 1270. The maximum atomic E-state index is 12.5. The monoisotopic (exact) mass is 433 g/mol. The number of ether oxygens (including phenoxy) is 1. The van der Waals surface area contributed by atoms with Gasteiger partial charge in [-0.3, -0.25) is 20.4 Å². The first-order valence-corrected chi connectivity index (χ1v) is 10.2. The summed E-state index contributed by atoms with van der Waals surface area (Å²) in [7, 11) is 1.57. The van der Waals surface area contributed by atoms with Gasteiger partial charge in [0.1, 0.15) is 15.6 Å². The highest BCUT2D eigenvalue weighted by atomic mass is 32.1. The number of amides is 2. The SMILES string of the molecule is COc1cccc2cc(/C=C/C(=O)NNC(=O)c3sc(-c4ccccc4)nc3C)oc12. The summed E-state index contributed by atoms with van der Waals surface area (Å²) in [5.74, 6) is 0.189. The molecule has 0 saturated carbocycles. The molecule has 0 saturated heterocycles. The molecule has 0 aliphatic heterocycles. The predicted molar refractivity (Wildman–Crippen MR) is 120 cm³/mol. The Labute approximate surface area is 182 Å². The molecule has 7 nitrogen and oxygen atoms in total. The van der Waals surface area contributed by atoms with E-state index in [9.17, 15) is 9.59 Å². The number of hydrogen-bond acceptors (Lipinski definition) is 6. The van der Waals surface area contributed by atoms with E-state index in [1.54, 1.807) is 26.2 Å². The van der Waals surface area contributed by atoms with Crippen LogP contribution in [0.15, 0.2) is 65.1 Å². The molecule has 31 heavy (non-hydrogen) atoms. The third kappa shape index (κ3) is 4.49. The molecule has 8 heteroatoms. The molecule has 0 unspecified atom stereocenters. The van der Waals surface area contributed by atoms with Gasteiger partial charge in [0.05, 0.1) is 12.8 Å². The largest absolute Gasteiger partial charge is 0.493 e. The van der Waals surface area contributed by atoms with Crippen molar-refractivity contribution in [2.45, 2.75) is 6.92 Å². The second-order valence-corrected chi connectivity index (χ2v) is 7.60. The number of hydrazine groups is 1. The maximum absolute atomic E-state index is 12.5. The summed E-state index contributed by atoms with van der Waals surface area (Å²) in [6, 6.07) is 16.9. The van der Waals surface area contributed by atoms with Crippen LogP contribution >= 0.6 is 11.3 Å². The van der Waals surface area contributed by atoms with Crippen LogP contribution in [-0.2, 0) is 4.79 Å². The minimum Gasteiger partial charge on any atom is -0.493 e. The van der Waals surface area contributed by atoms with Crippen molar-refractivity contribution in [1.82, 2.24) is 15.8 Å². The summed E-state index contributed by atoms with van der Waals surface area (Å²) < 4.78 is 11.0. The Morgan fingerprint density at radius 3 is 2.68 bits per heavy atom. The number of carbonyl (C=O) groups excluding carboxylic acids is 2. The van der Waals surface area contributed by atoms with Gasteiger partial charge < -0.3 is 9.15 Å². The van der Waals surface area contributed by atoms with Crippen LogP contribution in [0.3, 0.4) is 0 Å². The minimum absolute atomic E-state index is 0.424. The first-order chi connectivity index (χ1) is 15.0. The zero-order chi connectivity index (χ0) is 21.8. The van der Waals surface area contributed by atoms with Crippen LogP contribution in [0.5, 0.6) is 5.75 Å². The van der Waals surface area contributed by atoms with Gasteiger partial charge in [-0.1, -0.05) is 42.5 Å². The van der Waals surface area contributed by atoms with E-state index in [-0.39, 0.29) is 0 Å². The number of nitrogens with one attached hydrogen (secondary N) is 2. The average Bonchev–Trinajstić information content (AvgIpc) is 3.39. The summed E-state index contributed by atoms with van der Waals surface area (Å²) in [6.07, 6.45) is 2.80. The van der Waals surface area contributed by atoms with Crippen LogP contribution in [0, 0.1) is 6.92 Å². The highest BCUT2D eigenvalue weighted by Crippen LogP contribution is 2.29. The number of carbonyl (C=O) groups is 2. The van der Waals surface area contributed by atoms with Crippen molar-refractivity contribution in [1.29, 1.82) is 0 Å². The zero-order valence-corrected chi connectivity index (χ0v) is 17.7. The molecular formula is C23H19N3O4S. The van der Waals surface area contributed by atoms with Crippen molar-refractivity contribution in [3.05, 3.63) is 77.0 Å². The van der Waals surface area contributed by atoms with Crippen LogP contribution in [0.4, 0.5) is 0 Å². The van der Waals surface area contributed by atoms with Crippen molar-refractivity contribution in [2.24, 2.45) is 0 Å². The average molecular weight is 433 g/mol. The van der Waals surface area contributed by atoms with Gasteiger partial charge in [0.25, 0.3) is 11.8 Å². The van der Waals surface area contributed by atoms with Crippen molar-refractivity contribution in [3.63, 3.8) is 0 Å². The number of para-hydroxylation sites is 1. The van der Waals surface area contributed by atoms with Crippen molar-refractivity contribution < 1.29 is 18.7 Å². The Kier molecular flexibility index (Phi) is 5.81. The molecule has 0 aliphatic rings. The molecule has 2 amide bonds. The fourth-order valence-corrected chi connectivity index (χ4v) is 3.95. The smallest absolute Gasteiger partial charge is 0.281 e. The van der Waals surface area contributed by atoms with E-state index in [2.05, 4.69) is 15.8 Å². The van der Waals surface area contributed by atoms with E-state index < -0.39 is 11.8 Å². The highest BCUT2D eigenvalue weighted by molar-refractivity contribution is 7.17. The lowest BCUT2D eigenvalue weighted by Gasteiger charge is -2.03. The molecule has 2 aromatic heterocycles. The molecule has 0 fully saturated rings. The Morgan fingerprint density at radius 1 is 1.10 bits per heavy atom. The van der Waals surface area contributed by atoms with Crippen LogP contribution in [0.1, 0.15) is 21.1 Å². The van der Waals surface area contributed by atoms with Gasteiger partial charge in [0.2, 0.25) is 0 Å². The lowest BCUT2D eigenvalue weighted by Crippen LogP contribution is -2.40. The Morgan fingerprint density at radius 2 is 1.90 bits per heavy atom. The van der Waals surface area contributed by atoms with Crippen LogP contribution in [-0.4, -0.2) is 23.9 Å². The first kappa shape index (κ1) is 20.4. The molecule has 2 aromatic carbocycles. The number of hydrogen-bond donors (Lipinski definition) is 2. The zero-order valence-electron chi connectivity index (χ0n) is 16.8. The number of benzene rings is 2. The summed E-state index contributed by atoms with van der Waals surface area (Å²) in [4.78, 5) is 29.5. The summed E-state index contributed by atoms with van der Waals surface area (Å²) in [6.45, 7) is 1.76. The summed E-state index contributed by atoms with van der Waals surface area (Å²) in [5.41, 5.74) is 6.93. The predicted octanol–water partition coefficient (Wildman–Crippen LogP) is 4.35. The van der Waals surface area contributed by atoms with E-state index in [4.69, 9.17) is 9.15 Å². The molecule has 4 rings (SSSR count). The minimum atomic E-state index is -0.494. The second kappa shape index (κ2) is 8.85. The van der Waals surface area contributed by atoms with E-state index in [0.717, 1.165) is 16.0 Å². The number of thiazole rings is 1. The number of aryl methyl sites for hydroxylation is 1. The number of furan rings is 1. The standard InChI is InChI=1S/C23H19N3O4S/c1-14-21(31-23(24-14)15-7-4-3-5-8-15)22(28)26-25-19(27)12-11-17-13-16-9-6-10-18(29-2)20(16)30-17/h3-13H,1-2H3,(H,25,27)(H,26,28)/b12-11+. The maximum Gasteiger partial charge on any atom is 0.281 e. The summed E-state index contributed by atoms with van der Waals surface area (Å²) >= 11 is 1.27. The van der Waals surface area contributed by atoms with Gasteiger partial charge >= 0.3 is 0 Å². The number of aromatic nitrogens is 1. The fourth-order valence-electron chi connectivity index (χ4n) is 2.99. The van der Waals surface area contributed by atoms with E-state index in [1.165, 1.54) is 23.5 Å². The number of fused-ring (bicyclic) bond motifs is 1. The molecule has 0 radical (unpaired) electrons. The lowest BCUT2D eigenvalue weighted by atomic mass is 10.2. The third-order valence-electron chi connectivity index (χ3n) is 4.47. The molecular weight excluding hydrogens is 414 g/mol. The van der Waals surface area contributed by atoms with Crippen molar-refractivity contribution in [2.75, 3.05) is 7.11 Å². The normalized spacial score (nSPS) is 11.0. The highest BCUT2D eigenvalue weighted by Gasteiger charge is 2.16. The van der Waals surface area contributed by atoms with Gasteiger partial charge in [-0.15, -0.1) is 11.3 Å². The van der Waals surface area contributed by atoms with Crippen LogP contribution in [0.25, 0.3) is 27.6 Å². The molecule has 0 bridgehead atoms. The van der Waals surface area contributed by atoms with Crippen LogP contribution < -0.4 is 15.6 Å². The van der Waals surface area contributed by atoms with Gasteiger partial charge in [-0.2, -0.15) is 0 Å². The Balaban J connectivity index is 1.39. The molecule has 0 spiro atoms. The first-order valence-electron chi connectivity index (χ1n) is 9.43. The molecule has 4 aromatic rings. The second-order valence-electron chi connectivity index (χ2n) is 6.60. The van der Waals surface area contributed by atoms with Gasteiger partial charge in [0, 0.05) is 17.0 Å². The number of nitrogens with zero attached hydrogens (tertiary/aromatic N) is 1. The fraction of sp³-hybridized carbons (Fsp3) is 0.0870. The van der Waals surface area contributed by atoms with E-state index in [0.29, 0.717) is 27.7 Å². The molecule has 2 N–H and O–H groups in total. The van der Waals surface area contributed by atoms with E-state index >= 15 is 0 Å². The van der Waals surface area contributed by atoms with Gasteiger partial charge in [0.15, 0.2) is 11.3 Å². The molecule has 2 heterocycles. The number of rotatable bonds is 5. The molecule has 0 aliphatic carbocycles. The molecule has 0 atom stereocenters. The summed E-state index contributed by atoms with van der Waals surface area (Å²) in [5, 5.41) is 1.61. The quantitative estimate of drug-likeness (QED) is 0.361. The van der Waals surface area contributed by atoms with E-state index in [1.807, 2.05) is 42.5 Å². The van der Waals surface area contributed by atoms with Crippen LogP contribution in [0.2, 0.25) is 0 Å².